The monoisotopic (exact) mass is 185 g/mol. The first-order valence-electron chi connectivity index (χ1n) is 4.73. The Balaban J connectivity index is 2.27. The highest BCUT2D eigenvalue weighted by Crippen LogP contribution is 2.35. The smallest absolute Gasteiger partial charge is 0.225 e. The van der Waals surface area contributed by atoms with Crippen LogP contribution < -0.4 is 0 Å². The molecule has 2 heterocycles. The molecule has 1 amide bonds. The van der Waals surface area contributed by atoms with Gasteiger partial charge in [0.15, 0.2) is 0 Å². The summed E-state index contributed by atoms with van der Waals surface area (Å²) in [5.41, 5.74) is -1.12. The van der Waals surface area contributed by atoms with Gasteiger partial charge in [-0.05, 0) is 19.8 Å². The minimum atomic E-state index is -1.12. The van der Waals surface area contributed by atoms with Crippen LogP contribution in [-0.4, -0.2) is 45.3 Å². The first-order chi connectivity index (χ1) is 6.03. The summed E-state index contributed by atoms with van der Waals surface area (Å²) in [5, 5.41) is 19.5. The molecule has 0 saturated carbocycles. The third-order valence-corrected chi connectivity index (χ3v) is 3.29. The Morgan fingerprint density at radius 1 is 1.62 bits per heavy atom. The number of fused-ring (bicyclic) bond motifs is 1. The predicted octanol–water partition coefficient (Wildman–Crippen LogP) is -0.507. The van der Waals surface area contributed by atoms with Gasteiger partial charge >= 0.3 is 0 Å². The number of hydrogen-bond acceptors (Lipinski definition) is 3. The van der Waals surface area contributed by atoms with E-state index in [4.69, 9.17) is 0 Å². The van der Waals surface area contributed by atoms with Crippen molar-refractivity contribution in [2.75, 3.05) is 6.54 Å². The zero-order valence-corrected chi connectivity index (χ0v) is 7.73. The lowest BCUT2D eigenvalue weighted by atomic mass is 9.83. The van der Waals surface area contributed by atoms with E-state index < -0.39 is 11.7 Å². The molecule has 0 aromatic carbocycles. The number of piperidine rings is 1. The van der Waals surface area contributed by atoms with Gasteiger partial charge in [-0.3, -0.25) is 4.79 Å². The van der Waals surface area contributed by atoms with Crippen molar-refractivity contribution in [3.05, 3.63) is 0 Å². The van der Waals surface area contributed by atoms with E-state index in [1.807, 2.05) is 0 Å². The summed E-state index contributed by atoms with van der Waals surface area (Å²) in [6, 6.07) is -0.177. The summed E-state index contributed by atoms with van der Waals surface area (Å²) in [6.45, 7) is 2.35. The highest BCUT2D eigenvalue weighted by Gasteiger charge is 2.50. The molecule has 2 fully saturated rings. The van der Waals surface area contributed by atoms with Crippen molar-refractivity contribution in [3.63, 3.8) is 0 Å². The van der Waals surface area contributed by atoms with Crippen LogP contribution in [0.5, 0.6) is 0 Å². The largest absolute Gasteiger partial charge is 0.390 e. The number of aliphatic hydroxyl groups excluding tert-OH is 1. The first-order valence-corrected chi connectivity index (χ1v) is 4.73. The zero-order valence-electron chi connectivity index (χ0n) is 7.73. The van der Waals surface area contributed by atoms with Crippen LogP contribution in [0.15, 0.2) is 0 Å². The van der Waals surface area contributed by atoms with Crippen molar-refractivity contribution in [1.29, 1.82) is 0 Å². The molecule has 13 heavy (non-hydrogen) atoms. The molecule has 0 aromatic rings. The minimum absolute atomic E-state index is 0.0264. The van der Waals surface area contributed by atoms with Crippen molar-refractivity contribution in [2.45, 2.75) is 43.9 Å². The van der Waals surface area contributed by atoms with Gasteiger partial charge in [0.1, 0.15) is 5.60 Å². The van der Waals surface area contributed by atoms with Crippen LogP contribution in [0.2, 0.25) is 0 Å². The number of amides is 1. The maximum absolute atomic E-state index is 11.4. The molecule has 2 aliphatic heterocycles. The third-order valence-electron chi connectivity index (χ3n) is 3.29. The first kappa shape index (κ1) is 8.97. The number of aliphatic hydroxyl groups is 2. The number of rotatable bonds is 0. The highest BCUT2D eigenvalue weighted by molar-refractivity contribution is 5.79. The topological polar surface area (TPSA) is 60.8 Å². The number of carbonyl (C=O) groups is 1. The molecule has 3 atom stereocenters. The second kappa shape index (κ2) is 2.69. The molecule has 3 unspecified atom stereocenters. The van der Waals surface area contributed by atoms with Gasteiger partial charge in [0.2, 0.25) is 5.91 Å². The highest BCUT2D eigenvalue weighted by atomic mass is 16.3. The Hall–Kier alpha value is -0.610. The fourth-order valence-electron chi connectivity index (χ4n) is 2.38. The molecule has 2 saturated heterocycles. The summed E-state index contributed by atoms with van der Waals surface area (Å²) in [7, 11) is 0. The van der Waals surface area contributed by atoms with Gasteiger partial charge in [-0.15, -0.1) is 0 Å². The SMILES string of the molecule is CC1(O)C(O)CC(=O)N2CCCC21. The van der Waals surface area contributed by atoms with E-state index in [2.05, 4.69) is 0 Å². The van der Waals surface area contributed by atoms with Crippen LogP contribution in [0.4, 0.5) is 0 Å². The Kier molecular flexibility index (Phi) is 1.85. The molecule has 0 radical (unpaired) electrons. The molecule has 4 nitrogen and oxygen atoms in total. The number of carbonyl (C=O) groups excluding carboxylic acids is 1. The van der Waals surface area contributed by atoms with Crippen LogP contribution >= 0.6 is 0 Å². The lowest BCUT2D eigenvalue weighted by Crippen LogP contribution is -2.61. The van der Waals surface area contributed by atoms with Crippen LogP contribution in [0.25, 0.3) is 0 Å². The average molecular weight is 185 g/mol. The van der Waals surface area contributed by atoms with E-state index >= 15 is 0 Å². The van der Waals surface area contributed by atoms with Gasteiger partial charge < -0.3 is 15.1 Å². The standard InChI is InChI=1S/C9H15NO3/c1-9(13)6-3-2-4-10(6)8(12)5-7(9)11/h6-7,11,13H,2-5H2,1H3. The van der Waals surface area contributed by atoms with Crippen molar-refractivity contribution in [3.8, 4) is 0 Å². The molecule has 2 rings (SSSR count). The van der Waals surface area contributed by atoms with Gasteiger partial charge in [0.25, 0.3) is 0 Å². The molecular weight excluding hydrogens is 170 g/mol. The van der Waals surface area contributed by atoms with Crippen molar-refractivity contribution in [1.82, 2.24) is 4.90 Å². The summed E-state index contributed by atoms with van der Waals surface area (Å²) < 4.78 is 0. The van der Waals surface area contributed by atoms with Crippen molar-refractivity contribution in [2.24, 2.45) is 0 Å². The lowest BCUT2D eigenvalue weighted by molar-refractivity contribution is -0.167. The van der Waals surface area contributed by atoms with Gasteiger partial charge in [0.05, 0.1) is 18.6 Å². The number of hydrogen-bond donors (Lipinski definition) is 2. The fourth-order valence-corrected chi connectivity index (χ4v) is 2.38. The third kappa shape index (κ3) is 1.16. The molecule has 0 bridgehead atoms. The van der Waals surface area contributed by atoms with Crippen LogP contribution in [0.1, 0.15) is 26.2 Å². The minimum Gasteiger partial charge on any atom is -0.390 e. The van der Waals surface area contributed by atoms with Gasteiger partial charge in [-0.2, -0.15) is 0 Å². The molecule has 2 N–H and O–H groups in total. The van der Waals surface area contributed by atoms with Gasteiger partial charge in [-0.25, -0.2) is 0 Å². The summed E-state index contributed by atoms with van der Waals surface area (Å²) in [6.07, 6.45) is 0.887. The van der Waals surface area contributed by atoms with E-state index in [0.717, 1.165) is 19.4 Å². The maximum atomic E-state index is 11.4. The summed E-state index contributed by atoms with van der Waals surface area (Å²) in [5.74, 6) is -0.0264. The van der Waals surface area contributed by atoms with Gasteiger partial charge in [0, 0.05) is 6.54 Å². The molecular formula is C9H15NO3. The second-order valence-electron chi connectivity index (χ2n) is 4.19. The molecule has 4 heteroatoms. The Morgan fingerprint density at radius 2 is 2.31 bits per heavy atom. The maximum Gasteiger partial charge on any atom is 0.225 e. The molecule has 0 spiro atoms. The lowest BCUT2D eigenvalue weighted by Gasteiger charge is -2.44. The van der Waals surface area contributed by atoms with Crippen molar-refractivity contribution < 1.29 is 15.0 Å². The van der Waals surface area contributed by atoms with E-state index in [0.29, 0.717) is 0 Å². The quantitative estimate of drug-likeness (QED) is 0.534. The molecule has 74 valence electrons. The molecule has 2 aliphatic rings. The Morgan fingerprint density at radius 3 is 3.00 bits per heavy atom. The average Bonchev–Trinajstić information content (AvgIpc) is 2.49. The van der Waals surface area contributed by atoms with Crippen LogP contribution in [0.3, 0.4) is 0 Å². The summed E-state index contributed by atoms with van der Waals surface area (Å²) >= 11 is 0. The summed E-state index contributed by atoms with van der Waals surface area (Å²) in [4.78, 5) is 13.1. The Labute approximate surface area is 77.2 Å². The predicted molar refractivity (Wildman–Crippen MR) is 46.0 cm³/mol. The van der Waals surface area contributed by atoms with E-state index in [9.17, 15) is 15.0 Å². The van der Waals surface area contributed by atoms with Crippen molar-refractivity contribution >= 4 is 5.91 Å². The fraction of sp³-hybridized carbons (Fsp3) is 0.889. The Bertz CT molecular complexity index is 239. The normalized spacial score (nSPS) is 45.2. The van der Waals surface area contributed by atoms with Crippen LogP contribution in [0, 0.1) is 0 Å². The second-order valence-corrected chi connectivity index (χ2v) is 4.19. The number of nitrogens with zero attached hydrogens (tertiary/aromatic N) is 1. The van der Waals surface area contributed by atoms with E-state index in [1.165, 1.54) is 0 Å². The van der Waals surface area contributed by atoms with E-state index in [1.54, 1.807) is 11.8 Å². The molecule has 0 aliphatic carbocycles. The zero-order chi connectivity index (χ0) is 9.64. The van der Waals surface area contributed by atoms with Gasteiger partial charge in [-0.1, -0.05) is 0 Å². The van der Waals surface area contributed by atoms with Crippen LogP contribution in [-0.2, 0) is 4.79 Å². The van der Waals surface area contributed by atoms with E-state index in [-0.39, 0.29) is 18.4 Å². The molecule has 0 aromatic heterocycles.